The minimum atomic E-state index is -3.08. The Kier molecular flexibility index (Phi) is 4.81. The summed E-state index contributed by atoms with van der Waals surface area (Å²) in [5.41, 5.74) is 0.748. The second kappa shape index (κ2) is 6.74. The molecule has 2 fully saturated rings. The number of benzene rings is 1. The van der Waals surface area contributed by atoms with E-state index in [0.717, 1.165) is 0 Å². The van der Waals surface area contributed by atoms with Crippen molar-refractivity contribution in [2.75, 3.05) is 42.6 Å². The number of carbonyl (C=O) groups excluding carboxylic acids is 2. The van der Waals surface area contributed by atoms with E-state index in [1.807, 2.05) is 4.90 Å². The Labute approximate surface area is 146 Å². The van der Waals surface area contributed by atoms with Crippen LogP contribution in [0.25, 0.3) is 0 Å². The molecule has 0 bridgehead atoms. The molecule has 2 heterocycles. The molecule has 1 amide bonds. The van der Waals surface area contributed by atoms with E-state index >= 15 is 0 Å². The number of hydrogen-bond donors (Lipinski definition) is 0. The van der Waals surface area contributed by atoms with Gasteiger partial charge in [-0.05, 0) is 31.5 Å². The third-order valence-electron chi connectivity index (χ3n) is 4.87. The van der Waals surface area contributed by atoms with Gasteiger partial charge in [-0.25, -0.2) is 12.8 Å². The summed E-state index contributed by atoms with van der Waals surface area (Å²) in [6.07, 6.45) is 0.391. The summed E-state index contributed by atoms with van der Waals surface area (Å²) in [6.45, 7) is 3.21. The van der Waals surface area contributed by atoms with Gasteiger partial charge < -0.3 is 9.80 Å². The van der Waals surface area contributed by atoms with Crippen LogP contribution in [0.3, 0.4) is 0 Å². The minimum Gasteiger partial charge on any atom is -0.366 e. The van der Waals surface area contributed by atoms with Crippen LogP contribution in [0.4, 0.5) is 10.1 Å². The molecule has 1 atom stereocenters. The van der Waals surface area contributed by atoms with Crippen LogP contribution in [0.15, 0.2) is 18.2 Å². The van der Waals surface area contributed by atoms with Gasteiger partial charge in [0.15, 0.2) is 15.6 Å². The SMILES string of the molecule is CC(=O)c1ccc(N2CCN(C(=O)[C@H]3CCS(=O)(=O)C3)CC2)c(F)c1. The second-order valence-corrected chi connectivity index (χ2v) is 8.86. The fourth-order valence-corrected chi connectivity index (χ4v) is 5.13. The maximum absolute atomic E-state index is 14.2. The standard InChI is InChI=1S/C17H21FN2O4S/c1-12(21)13-2-3-16(15(18)10-13)19-5-7-20(8-6-19)17(22)14-4-9-25(23,24)11-14/h2-3,10,14H,4-9,11H2,1H3/t14-/m0/s1. The average Bonchev–Trinajstić information content (AvgIpc) is 2.94. The van der Waals surface area contributed by atoms with Crippen molar-refractivity contribution in [3.05, 3.63) is 29.6 Å². The second-order valence-electron chi connectivity index (χ2n) is 6.63. The number of rotatable bonds is 3. The van der Waals surface area contributed by atoms with Gasteiger partial charge in [-0.3, -0.25) is 9.59 Å². The number of amides is 1. The summed E-state index contributed by atoms with van der Waals surface area (Å²) < 4.78 is 37.3. The molecule has 6 nitrogen and oxygen atoms in total. The Morgan fingerprint density at radius 3 is 2.36 bits per heavy atom. The lowest BCUT2D eigenvalue weighted by Gasteiger charge is -2.37. The first kappa shape index (κ1) is 17.8. The van der Waals surface area contributed by atoms with Crippen molar-refractivity contribution in [1.29, 1.82) is 0 Å². The number of sulfone groups is 1. The van der Waals surface area contributed by atoms with Crippen LogP contribution >= 0.6 is 0 Å². The van der Waals surface area contributed by atoms with Gasteiger partial charge in [0.25, 0.3) is 0 Å². The summed E-state index contributed by atoms with van der Waals surface area (Å²) in [6, 6.07) is 4.42. The number of carbonyl (C=O) groups is 2. The van der Waals surface area contributed by atoms with Gasteiger partial charge in [-0.1, -0.05) is 0 Å². The van der Waals surface area contributed by atoms with E-state index in [2.05, 4.69) is 0 Å². The summed E-state index contributed by atoms with van der Waals surface area (Å²) in [5, 5.41) is 0. The molecule has 2 saturated heterocycles. The molecule has 8 heteroatoms. The van der Waals surface area contributed by atoms with Crippen molar-refractivity contribution in [2.24, 2.45) is 5.92 Å². The first-order chi connectivity index (χ1) is 11.8. The molecule has 2 aliphatic rings. The molecular formula is C17H21FN2O4S. The quantitative estimate of drug-likeness (QED) is 0.747. The van der Waals surface area contributed by atoms with Crippen molar-refractivity contribution in [3.8, 4) is 0 Å². The van der Waals surface area contributed by atoms with Crippen LogP contribution in [-0.4, -0.2) is 62.7 Å². The number of anilines is 1. The van der Waals surface area contributed by atoms with Crippen molar-refractivity contribution >= 4 is 27.2 Å². The van der Waals surface area contributed by atoms with Gasteiger partial charge >= 0.3 is 0 Å². The van der Waals surface area contributed by atoms with E-state index in [0.29, 0.717) is 43.9 Å². The number of hydrogen-bond acceptors (Lipinski definition) is 5. The molecule has 3 rings (SSSR count). The first-order valence-corrected chi connectivity index (χ1v) is 10.1. The van der Waals surface area contributed by atoms with E-state index < -0.39 is 21.6 Å². The van der Waals surface area contributed by atoms with Crippen molar-refractivity contribution in [3.63, 3.8) is 0 Å². The van der Waals surface area contributed by atoms with Crippen LogP contribution in [0.1, 0.15) is 23.7 Å². The largest absolute Gasteiger partial charge is 0.366 e. The maximum atomic E-state index is 14.2. The molecule has 1 aromatic carbocycles. The number of ketones is 1. The molecule has 0 unspecified atom stereocenters. The number of Topliss-reactive ketones (excluding diaryl/α,β-unsaturated/α-hetero) is 1. The van der Waals surface area contributed by atoms with Crippen LogP contribution in [0.2, 0.25) is 0 Å². The van der Waals surface area contributed by atoms with E-state index in [9.17, 15) is 22.4 Å². The number of halogens is 1. The molecule has 1 aromatic rings. The Balaban J connectivity index is 1.62. The lowest BCUT2D eigenvalue weighted by atomic mass is 10.1. The summed E-state index contributed by atoms with van der Waals surface area (Å²) in [7, 11) is -3.08. The zero-order valence-corrected chi connectivity index (χ0v) is 14.9. The lowest BCUT2D eigenvalue weighted by Crippen LogP contribution is -2.50. The Hall–Kier alpha value is -1.96. The molecule has 2 aliphatic heterocycles. The smallest absolute Gasteiger partial charge is 0.226 e. The van der Waals surface area contributed by atoms with Gasteiger partial charge in [-0.2, -0.15) is 0 Å². The van der Waals surface area contributed by atoms with Crippen LogP contribution in [0.5, 0.6) is 0 Å². The molecule has 0 saturated carbocycles. The van der Waals surface area contributed by atoms with E-state index in [-0.39, 0.29) is 23.2 Å². The van der Waals surface area contributed by atoms with Gasteiger partial charge in [0.2, 0.25) is 5.91 Å². The molecule has 25 heavy (non-hydrogen) atoms. The van der Waals surface area contributed by atoms with Gasteiger partial charge in [0, 0.05) is 31.7 Å². The van der Waals surface area contributed by atoms with Gasteiger partial charge in [0.05, 0.1) is 23.1 Å². The van der Waals surface area contributed by atoms with E-state index in [1.165, 1.54) is 13.0 Å². The highest BCUT2D eigenvalue weighted by Crippen LogP contribution is 2.25. The molecule has 136 valence electrons. The van der Waals surface area contributed by atoms with Crippen LogP contribution in [-0.2, 0) is 14.6 Å². The topological polar surface area (TPSA) is 74.8 Å². The molecule has 0 aliphatic carbocycles. The maximum Gasteiger partial charge on any atom is 0.226 e. The highest BCUT2D eigenvalue weighted by Gasteiger charge is 2.36. The van der Waals surface area contributed by atoms with E-state index in [4.69, 9.17) is 0 Å². The molecule has 0 spiro atoms. The predicted octanol–water partition coefficient (Wildman–Crippen LogP) is 1.11. The highest BCUT2D eigenvalue weighted by molar-refractivity contribution is 7.91. The van der Waals surface area contributed by atoms with Crippen LogP contribution < -0.4 is 4.90 Å². The van der Waals surface area contributed by atoms with Crippen molar-refractivity contribution in [2.45, 2.75) is 13.3 Å². The highest BCUT2D eigenvalue weighted by atomic mass is 32.2. The summed E-state index contributed by atoms with van der Waals surface area (Å²) in [4.78, 5) is 27.3. The number of nitrogens with zero attached hydrogens (tertiary/aromatic N) is 2. The molecule has 0 aromatic heterocycles. The van der Waals surface area contributed by atoms with Crippen LogP contribution in [0, 0.1) is 11.7 Å². The van der Waals surface area contributed by atoms with Gasteiger partial charge in [-0.15, -0.1) is 0 Å². The first-order valence-electron chi connectivity index (χ1n) is 8.31. The summed E-state index contributed by atoms with van der Waals surface area (Å²) in [5.74, 6) is -1.18. The fraction of sp³-hybridized carbons (Fsp3) is 0.529. The summed E-state index contributed by atoms with van der Waals surface area (Å²) >= 11 is 0. The molecular weight excluding hydrogens is 347 g/mol. The lowest BCUT2D eigenvalue weighted by molar-refractivity contribution is -0.135. The average molecular weight is 368 g/mol. The van der Waals surface area contributed by atoms with Gasteiger partial charge in [0.1, 0.15) is 5.82 Å². The fourth-order valence-electron chi connectivity index (χ4n) is 3.40. The van der Waals surface area contributed by atoms with Crippen molar-refractivity contribution in [1.82, 2.24) is 4.90 Å². The predicted molar refractivity (Wildman–Crippen MR) is 92.0 cm³/mol. The zero-order valence-electron chi connectivity index (χ0n) is 14.1. The Bertz CT molecular complexity index is 801. The third-order valence-corrected chi connectivity index (χ3v) is 6.64. The third kappa shape index (κ3) is 3.84. The zero-order chi connectivity index (χ0) is 18.2. The number of piperazine rings is 1. The molecule has 0 radical (unpaired) electrons. The normalized spacial score (nSPS) is 22.9. The van der Waals surface area contributed by atoms with Crippen molar-refractivity contribution < 1.29 is 22.4 Å². The Morgan fingerprint density at radius 1 is 1.16 bits per heavy atom. The van der Waals surface area contributed by atoms with E-state index in [1.54, 1.807) is 17.0 Å². The minimum absolute atomic E-state index is 0.0623. The monoisotopic (exact) mass is 368 g/mol. The molecule has 0 N–H and O–H groups in total. The Morgan fingerprint density at radius 2 is 1.84 bits per heavy atom.